The van der Waals surface area contributed by atoms with E-state index < -0.39 is 5.97 Å². The van der Waals surface area contributed by atoms with E-state index in [2.05, 4.69) is 15.0 Å². The highest BCUT2D eigenvalue weighted by Crippen LogP contribution is 2.18. The Morgan fingerprint density at radius 1 is 1.56 bits per heavy atom. The number of carbonyl (C=O) groups is 1. The van der Waals surface area contributed by atoms with Gasteiger partial charge in [-0.05, 0) is 32.9 Å². The molecule has 2 rings (SSSR count). The molecule has 6 nitrogen and oxygen atoms in total. The van der Waals surface area contributed by atoms with Gasteiger partial charge in [0, 0.05) is 0 Å². The van der Waals surface area contributed by atoms with Crippen molar-refractivity contribution >= 4 is 5.97 Å². The summed E-state index contributed by atoms with van der Waals surface area (Å²) in [5.74, 6) is 0.357. The van der Waals surface area contributed by atoms with Crippen LogP contribution in [0.1, 0.15) is 24.6 Å². The molecule has 1 aromatic heterocycles. The van der Waals surface area contributed by atoms with Gasteiger partial charge in [0.1, 0.15) is 0 Å². The number of aliphatic carboxylic acids is 1. The van der Waals surface area contributed by atoms with Gasteiger partial charge in [-0.2, -0.15) is 4.98 Å². The Morgan fingerprint density at radius 2 is 2.25 bits per heavy atom. The van der Waals surface area contributed by atoms with E-state index in [0.29, 0.717) is 31.1 Å². The first-order valence-electron chi connectivity index (χ1n) is 5.39. The first kappa shape index (κ1) is 11.1. The summed E-state index contributed by atoms with van der Waals surface area (Å²) in [5, 5.41) is 12.6. The first-order chi connectivity index (χ1) is 7.65. The number of likely N-dealkylation sites (tertiary alicyclic amines) is 1. The number of nitrogens with zero attached hydrogens (tertiary/aromatic N) is 3. The fourth-order valence-corrected chi connectivity index (χ4v) is 1.93. The molecule has 0 spiro atoms. The molecule has 0 unspecified atom stereocenters. The number of carboxylic acid groups (broad SMARTS) is 1. The number of aryl methyl sites for hydroxylation is 1. The highest BCUT2D eigenvalue weighted by Gasteiger charge is 2.25. The van der Waals surface area contributed by atoms with Crippen LogP contribution in [0.5, 0.6) is 0 Å². The van der Waals surface area contributed by atoms with Gasteiger partial charge in [0.05, 0.1) is 12.5 Å². The largest absolute Gasteiger partial charge is 0.481 e. The minimum Gasteiger partial charge on any atom is -0.481 e. The van der Waals surface area contributed by atoms with Crippen LogP contribution in [0, 0.1) is 12.8 Å². The van der Waals surface area contributed by atoms with Crippen molar-refractivity contribution in [3.05, 3.63) is 11.7 Å². The number of piperidine rings is 1. The summed E-state index contributed by atoms with van der Waals surface area (Å²) in [6, 6.07) is 0. The van der Waals surface area contributed by atoms with Gasteiger partial charge in [-0.15, -0.1) is 0 Å². The van der Waals surface area contributed by atoms with Gasteiger partial charge in [0.2, 0.25) is 5.89 Å². The molecule has 1 saturated heterocycles. The van der Waals surface area contributed by atoms with E-state index in [1.807, 2.05) is 0 Å². The van der Waals surface area contributed by atoms with Gasteiger partial charge in [-0.3, -0.25) is 9.69 Å². The molecule has 1 aliphatic rings. The van der Waals surface area contributed by atoms with E-state index in [4.69, 9.17) is 9.63 Å². The SMILES string of the molecule is Cc1noc(CN2CCC(C(=O)O)CC2)n1. The van der Waals surface area contributed by atoms with Crippen LogP contribution in [0.2, 0.25) is 0 Å². The van der Waals surface area contributed by atoms with Crippen molar-refractivity contribution in [1.29, 1.82) is 0 Å². The third kappa shape index (κ3) is 2.57. The van der Waals surface area contributed by atoms with Crippen LogP contribution >= 0.6 is 0 Å². The predicted molar refractivity (Wildman–Crippen MR) is 54.7 cm³/mol. The summed E-state index contributed by atoms with van der Waals surface area (Å²) >= 11 is 0. The molecule has 0 aliphatic carbocycles. The highest BCUT2D eigenvalue weighted by atomic mass is 16.5. The molecule has 0 saturated carbocycles. The summed E-state index contributed by atoms with van der Waals surface area (Å²) in [4.78, 5) is 17.0. The fourth-order valence-electron chi connectivity index (χ4n) is 1.93. The normalized spacial score (nSPS) is 18.8. The van der Waals surface area contributed by atoms with Crippen LogP contribution in [0.25, 0.3) is 0 Å². The van der Waals surface area contributed by atoms with Gasteiger partial charge in [0.15, 0.2) is 5.82 Å². The van der Waals surface area contributed by atoms with Gasteiger partial charge >= 0.3 is 5.97 Å². The third-order valence-corrected chi connectivity index (χ3v) is 2.87. The molecule has 1 aromatic rings. The summed E-state index contributed by atoms with van der Waals surface area (Å²) in [5.41, 5.74) is 0. The molecule has 0 bridgehead atoms. The summed E-state index contributed by atoms with van der Waals surface area (Å²) in [7, 11) is 0. The summed E-state index contributed by atoms with van der Waals surface area (Å²) in [6.07, 6.45) is 1.39. The van der Waals surface area contributed by atoms with E-state index in [9.17, 15) is 4.79 Å². The number of carboxylic acids is 1. The Bertz CT molecular complexity index is 369. The molecule has 6 heteroatoms. The zero-order valence-corrected chi connectivity index (χ0v) is 9.22. The molecule has 0 amide bonds. The van der Waals surface area contributed by atoms with Crippen LogP contribution in [-0.2, 0) is 11.3 Å². The number of rotatable bonds is 3. The second kappa shape index (κ2) is 4.61. The number of hydrogen-bond acceptors (Lipinski definition) is 5. The quantitative estimate of drug-likeness (QED) is 0.814. The van der Waals surface area contributed by atoms with Crippen LogP contribution in [-0.4, -0.2) is 39.2 Å². The van der Waals surface area contributed by atoms with Gasteiger partial charge in [0.25, 0.3) is 0 Å². The van der Waals surface area contributed by atoms with Crippen molar-refractivity contribution in [1.82, 2.24) is 15.0 Å². The molecule has 0 atom stereocenters. The molecule has 0 radical (unpaired) electrons. The summed E-state index contributed by atoms with van der Waals surface area (Å²) < 4.78 is 5.02. The second-order valence-corrected chi connectivity index (χ2v) is 4.12. The molecule has 1 fully saturated rings. The lowest BCUT2D eigenvalue weighted by Crippen LogP contribution is -2.35. The van der Waals surface area contributed by atoms with E-state index in [1.54, 1.807) is 6.92 Å². The second-order valence-electron chi connectivity index (χ2n) is 4.12. The molecule has 16 heavy (non-hydrogen) atoms. The Balaban J connectivity index is 1.83. The predicted octanol–water partition coefficient (Wildman–Crippen LogP) is 0.675. The Morgan fingerprint density at radius 3 is 2.75 bits per heavy atom. The monoisotopic (exact) mass is 225 g/mol. The molecular formula is C10H15N3O3. The van der Waals surface area contributed by atoms with Crippen LogP contribution in [0.15, 0.2) is 4.52 Å². The Hall–Kier alpha value is -1.43. The lowest BCUT2D eigenvalue weighted by molar-refractivity contribution is -0.143. The van der Waals surface area contributed by atoms with E-state index in [0.717, 1.165) is 13.1 Å². The fraction of sp³-hybridized carbons (Fsp3) is 0.700. The van der Waals surface area contributed by atoms with Crippen LogP contribution in [0.3, 0.4) is 0 Å². The number of hydrogen-bond donors (Lipinski definition) is 1. The molecule has 1 N–H and O–H groups in total. The molecule has 88 valence electrons. The van der Waals surface area contributed by atoms with Gasteiger partial charge in [-0.25, -0.2) is 0 Å². The maximum absolute atomic E-state index is 10.8. The smallest absolute Gasteiger partial charge is 0.306 e. The van der Waals surface area contributed by atoms with E-state index >= 15 is 0 Å². The number of aromatic nitrogens is 2. The minimum absolute atomic E-state index is 0.194. The van der Waals surface area contributed by atoms with Crippen LogP contribution in [0.4, 0.5) is 0 Å². The van der Waals surface area contributed by atoms with Gasteiger partial charge < -0.3 is 9.63 Å². The Kier molecular flexibility index (Phi) is 3.19. The zero-order valence-electron chi connectivity index (χ0n) is 9.22. The molecule has 1 aliphatic heterocycles. The lowest BCUT2D eigenvalue weighted by atomic mass is 9.97. The summed E-state index contributed by atoms with van der Waals surface area (Å²) in [6.45, 7) is 3.95. The Labute approximate surface area is 93.2 Å². The van der Waals surface area contributed by atoms with Crippen molar-refractivity contribution in [2.45, 2.75) is 26.3 Å². The topological polar surface area (TPSA) is 79.5 Å². The molecule has 0 aromatic carbocycles. The lowest BCUT2D eigenvalue weighted by Gasteiger charge is -2.28. The van der Waals surface area contributed by atoms with E-state index in [-0.39, 0.29) is 5.92 Å². The van der Waals surface area contributed by atoms with Crippen molar-refractivity contribution in [2.75, 3.05) is 13.1 Å². The average Bonchev–Trinajstić information content (AvgIpc) is 2.65. The maximum atomic E-state index is 10.8. The average molecular weight is 225 g/mol. The van der Waals surface area contributed by atoms with Crippen molar-refractivity contribution in [2.24, 2.45) is 5.92 Å². The molecular weight excluding hydrogens is 210 g/mol. The highest BCUT2D eigenvalue weighted by molar-refractivity contribution is 5.70. The van der Waals surface area contributed by atoms with Crippen molar-refractivity contribution < 1.29 is 14.4 Å². The van der Waals surface area contributed by atoms with Gasteiger partial charge in [-0.1, -0.05) is 5.16 Å². The minimum atomic E-state index is -0.687. The van der Waals surface area contributed by atoms with Crippen molar-refractivity contribution in [3.63, 3.8) is 0 Å². The maximum Gasteiger partial charge on any atom is 0.306 e. The molecule has 2 heterocycles. The first-order valence-corrected chi connectivity index (χ1v) is 5.39. The zero-order chi connectivity index (χ0) is 11.5. The van der Waals surface area contributed by atoms with Crippen molar-refractivity contribution in [3.8, 4) is 0 Å². The van der Waals surface area contributed by atoms with Crippen LogP contribution < -0.4 is 0 Å². The standard InChI is InChI=1S/C10H15N3O3/c1-7-11-9(16-12-7)6-13-4-2-8(3-5-13)10(14)15/h8H,2-6H2,1H3,(H,14,15). The third-order valence-electron chi connectivity index (χ3n) is 2.87. The van der Waals surface area contributed by atoms with E-state index in [1.165, 1.54) is 0 Å².